The average molecular weight is 468 g/mol. The predicted octanol–water partition coefficient (Wildman–Crippen LogP) is 3.30. The normalized spacial score (nSPS) is 13.2. The van der Waals surface area contributed by atoms with Crippen molar-refractivity contribution in [1.82, 2.24) is 4.98 Å². The minimum absolute atomic E-state index is 0.0510. The number of phenolic OH excluding ortho intramolecular Hbond substituents is 1. The monoisotopic (exact) mass is 467 g/mol. The van der Waals surface area contributed by atoms with E-state index in [1.807, 2.05) is 24.3 Å². The number of anilines is 1. The molecule has 3 rings (SSSR count). The van der Waals surface area contributed by atoms with Crippen molar-refractivity contribution < 1.29 is 29.0 Å². The number of nitrogens with two attached hydrogens (primary N) is 1. The predicted molar refractivity (Wildman–Crippen MR) is 128 cm³/mol. The van der Waals surface area contributed by atoms with E-state index >= 15 is 0 Å². The van der Waals surface area contributed by atoms with Crippen LogP contribution in [0.4, 0.5) is 10.5 Å². The molecule has 2 atom stereocenters. The van der Waals surface area contributed by atoms with E-state index in [2.05, 4.69) is 4.98 Å². The molecule has 2 aromatic carbocycles. The summed E-state index contributed by atoms with van der Waals surface area (Å²) in [6, 6.07) is 10.2. The van der Waals surface area contributed by atoms with E-state index in [9.17, 15) is 19.5 Å². The number of aromatic nitrogens is 1. The minimum atomic E-state index is -1.69. The molecular formula is C25H29N3O6. The third-order valence-corrected chi connectivity index (χ3v) is 5.15. The fraction of sp³-hybridized carbons (Fsp3) is 0.320. The number of esters is 1. The summed E-state index contributed by atoms with van der Waals surface area (Å²) in [5, 5.41) is 10.6. The maximum absolute atomic E-state index is 13.5. The molecule has 0 aliphatic carbocycles. The molecule has 0 spiro atoms. The van der Waals surface area contributed by atoms with Crippen LogP contribution in [0.5, 0.6) is 5.75 Å². The van der Waals surface area contributed by atoms with E-state index in [0.29, 0.717) is 0 Å². The molecule has 4 N–H and O–H groups in total. The van der Waals surface area contributed by atoms with Crippen LogP contribution in [0.1, 0.15) is 26.3 Å². The number of ether oxygens (including phenoxy) is 2. The molecular weight excluding hydrogens is 438 g/mol. The first-order chi connectivity index (χ1) is 16.0. The summed E-state index contributed by atoms with van der Waals surface area (Å²) >= 11 is 0. The summed E-state index contributed by atoms with van der Waals surface area (Å²) in [4.78, 5) is 43.5. The third-order valence-electron chi connectivity index (χ3n) is 5.15. The summed E-state index contributed by atoms with van der Waals surface area (Å²) in [5.41, 5.74) is 7.22. The molecule has 3 aromatic rings. The smallest absolute Gasteiger partial charge is 0.416 e. The Morgan fingerprint density at radius 1 is 1.09 bits per heavy atom. The first-order valence-corrected chi connectivity index (χ1v) is 10.7. The van der Waals surface area contributed by atoms with Gasteiger partial charge in [0.1, 0.15) is 11.4 Å². The second-order valence-electron chi connectivity index (χ2n) is 8.86. The van der Waals surface area contributed by atoms with Crippen LogP contribution >= 0.6 is 0 Å². The van der Waals surface area contributed by atoms with Crippen LogP contribution in [-0.4, -0.2) is 52.7 Å². The van der Waals surface area contributed by atoms with Crippen molar-refractivity contribution in [3.63, 3.8) is 0 Å². The highest BCUT2D eigenvalue weighted by Gasteiger charge is 2.42. The molecule has 0 saturated heterocycles. The number of amides is 1. The number of Topliss-reactive ketones (excluding diaryl/α,β-unsaturated/α-hetero) is 1. The molecule has 0 unspecified atom stereocenters. The Hall–Kier alpha value is -3.85. The summed E-state index contributed by atoms with van der Waals surface area (Å²) in [5.74, 6) is -1.72. The molecule has 0 fully saturated rings. The summed E-state index contributed by atoms with van der Waals surface area (Å²) in [6.45, 7) is 4.99. The summed E-state index contributed by atoms with van der Waals surface area (Å²) in [7, 11) is 1.12. The van der Waals surface area contributed by atoms with Gasteiger partial charge in [0.25, 0.3) is 0 Å². The van der Waals surface area contributed by atoms with Gasteiger partial charge in [0.2, 0.25) is 0 Å². The number of hydrogen-bond donors (Lipinski definition) is 3. The maximum Gasteiger partial charge on any atom is 0.416 e. The number of nitrogens with zero attached hydrogens (tertiary/aromatic N) is 1. The Bertz CT molecular complexity index is 1180. The number of carbonyl (C=O) groups excluding carboxylic acids is 3. The number of nitrogens with one attached hydrogen (secondary N) is 1. The van der Waals surface area contributed by atoms with Gasteiger partial charge in [-0.1, -0.05) is 18.2 Å². The van der Waals surface area contributed by atoms with E-state index in [4.69, 9.17) is 15.2 Å². The Labute approximate surface area is 197 Å². The average Bonchev–Trinajstić information content (AvgIpc) is 3.19. The van der Waals surface area contributed by atoms with Gasteiger partial charge in [-0.15, -0.1) is 0 Å². The number of benzene rings is 2. The zero-order valence-corrected chi connectivity index (χ0v) is 19.6. The van der Waals surface area contributed by atoms with Crippen molar-refractivity contribution in [3.8, 4) is 5.75 Å². The molecule has 0 saturated carbocycles. The molecule has 180 valence electrons. The van der Waals surface area contributed by atoms with Crippen LogP contribution in [0.2, 0.25) is 0 Å². The van der Waals surface area contributed by atoms with Crippen molar-refractivity contribution in [3.05, 3.63) is 60.3 Å². The van der Waals surface area contributed by atoms with Crippen molar-refractivity contribution in [2.75, 3.05) is 12.0 Å². The van der Waals surface area contributed by atoms with Crippen molar-refractivity contribution in [2.24, 2.45) is 5.73 Å². The zero-order chi connectivity index (χ0) is 25.0. The molecule has 0 aliphatic rings. The maximum atomic E-state index is 13.5. The van der Waals surface area contributed by atoms with Crippen LogP contribution in [0, 0.1) is 0 Å². The standard InChI is InChI=1S/C25H29N3O6/c1-25(2,3)34-24(32)28(16-9-11-17(29)12-10-16)21(23(31)33-4)22(30)19(26)13-15-14-27-20-8-6-5-7-18(15)20/h5-12,14,19,21,27,29H,13,26H2,1-4H3/t19-,21+/m0/s1. The minimum Gasteiger partial charge on any atom is -0.508 e. The highest BCUT2D eigenvalue weighted by Crippen LogP contribution is 2.26. The van der Waals surface area contributed by atoms with Gasteiger partial charge in [-0.3, -0.25) is 9.69 Å². The van der Waals surface area contributed by atoms with Crippen LogP contribution < -0.4 is 10.6 Å². The fourth-order valence-corrected chi connectivity index (χ4v) is 3.59. The van der Waals surface area contributed by atoms with Gasteiger partial charge < -0.3 is 25.3 Å². The number of H-pyrrole nitrogens is 1. The van der Waals surface area contributed by atoms with Crippen LogP contribution in [0.15, 0.2) is 54.7 Å². The fourth-order valence-electron chi connectivity index (χ4n) is 3.59. The first-order valence-electron chi connectivity index (χ1n) is 10.7. The van der Waals surface area contributed by atoms with Gasteiger partial charge in [-0.2, -0.15) is 0 Å². The Morgan fingerprint density at radius 2 is 1.74 bits per heavy atom. The van der Waals surface area contributed by atoms with Crippen LogP contribution in [0.3, 0.4) is 0 Å². The van der Waals surface area contributed by atoms with Gasteiger partial charge in [0.05, 0.1) is 13.2 Å². The number of hydrogen-bond acceptors (Lipinski definition) is 7. The molecule has 1 aromatic heterocycles. The van der Waals surface area contributed by atoms with Crippen LogP contribution in [-0.2, 0) is 25.5 Å². The molecule has 9 nitrogen and oxygen atoms in total. The largest absolute Gasteiger partial charge is 0.508 e. The van der Waals surface area contributed by atoms with E-state index < -0.39 is 35.5 Å². The molecule has 0 aliphatic heterocycles. The van der Waals surface area contributed by atoms with E-state index in [1.165, 1.54) is 24.3 Å². The lowest BCUT2D eigenvalue weighted by atomic mass is 9.97. The van der Waals surface area contributed by atoms with E-state index in [1.54, 1.807) is 27.0 Å². The Morgan fingerprint density at radius 3 is 2.35 bits per heavy atom. The van der Waals surface area contributed by atoms with Gasteiger partial charge >= 0.3 is 12.1 Å². The topological polar surface area (TPSA) is 135 Å². The third kappa shape index (κ3) is 5.55. The van der Waals surface area contributed by atoms with Crippen LogP contribution in [0.25, 0.3) is 10.9 Å². The number of aromatic hydroxyl groups is 1. The van der Waals surface area contributed by atoms with Gasteiger partial charge in [-0.25, -0.2) is 9.59 Å². The molecule has 9 heteroatoms. The van der Waals surface area contributed by atoms with E-state index in [0.717, 1.165) is 28.5 Å². The number of rotatable bonds is 7. The highest BCUT2D eigenvalue weighted by atomic mass is 16.6. The van der Waals surface area contributed by atoms with Crippen molar-refractivity contribution in [1.29, 1.82) is 0 Å². The molecule has 0 radical (unpaired) electrons. The number of ketones is 1. The number of fused-ring (bicyclic) bond motifs is 1. The van der Waals surface area contributed by atoms with Gasteiger partial charge in [-0.05, 0) is 63.1 Å². The van der Waals surface area contributed by atoms with Crippen molar-refractivity contribution in [2.45, 2.75) is 44.9 Å². The summed E-state index contributed by atoms with van der Waals surface area (Å²) in [6.07, 6.45) is 0.964. The number of aromatic amines is 1. The highest BCUT2D eigenvalue weighted by molar-refractivity contribution is 6.13. The quantitative estimate of drug-likeness (QED) is 0.358. The lowest BCUT2D eigenvalue weighted by Crippen LogP contribution is -2.56. The lowest BCUT2D eigenvalue weighted by Gasteiger charge is -2.32. The van der Waals surface area contributed by atoms with Gasteiger partial charge in [0.15, 0.2) is 11.8 Å². The first kappa shape index (κ1) is 24.8. The second-order valence-corrected chi connectivity index (χ2v) is 8.86. The van der Waals surface area contributed by atoms with Gasteiger partial charge in [0, 0.05) is 22.8 Å². The van der Waals surface area contributed by atoms with Crippen molar-refractivity contribution >= 4 is 34.4 Å². The molecule has 1 heterocycles. The Balaban J connectivity index is 1.99. The summed E-state index contributed by atoms with van der Waals surface area (Å²) < 4.78 is 10.3. The lowest BCUT2D eigenvalue weighted by molar-refractivity contribution is -0.145. The number of carbonyl (C=O) groups is 3. The SMILES string of the molecule is COC(=O)[C@@H](C(=O)[C@@H](N)Cc1c[nH]c2ccccc12)N(C(=O)OC(C)(C)C)c1ccc(O)cc1. The zero-order valence-electron chi connectivity index (χ0n) is 19.6. The number of para-hydroxylation sites is 1. The molecule has 34 heavy (non-hydrogen) atoms. The second kappa shape index (κ2) is 9.96. The molecule has 0 bridgehead atoms. The number of methoxy groups -OCH3 is 1. The molecule has 1 amide bonds. The Kier molecular flexibility index (Phi) is 7.26. The number of phenols is 1. The van der Waals surface area contributed by atoms with E-state index in [-0.39, 0.29) is 17.9 Å².